The molecular weight excluding hydrogens is 267 g/mol. The second-order valence-corrected chi connectivity index (χ2v) is 5.48. The van der Waals surface area contributed by atoms with Crippen LogP contribution in [0.25, 0.3) is 0 Å². The number of nitrogens with zero attached hydrogens (tertiary/aromatic N) is 1. The van der Waals surface area contributed by atoms with Crippen LogP contribution < -0.4 is 5.32 Å². The first-order valence-corrected chi connectivity index (χ1v) is 6.86. The van der Waals surface area contributed by atoms with Crippen LogP contribution in [0.2, 0.25) is 10.0 Å². The molecule has 3 nitrogen and oxygen atoms in total. The van der Waals surface area contributed by atoms with E-state index in [1.165, 1.54) is 6.20 Å². The minimum Gasteiger partial charge on any atom is -0.387 e. The maximum atomic E-state index is 9.94. The summed E-state index contributed by atoms with van der Waals surface area (Å²) in [5, 5.41) is 13.9. The minimum atomic E-state index is -0.788. The number of aliphatic hydroxyl groups is 1. The van der Waals surface area contributed by atoms with Gasteiger partial charge in [0.15, 0.2) is 0 Å². The van der Waals surface area contributed by atoms with E-state index in [9.17, 15) is 5.11 Å². The molecule has 16 heavy (non-hydrogen) atoms. The molecular formula is C10H14Cl2N2OS. The van der Waals surface area contributed by atoms with E-state index in [4.69, 9.17) is 23.2 Å². The molecule has 0 aliphatic rings. The lowest BCUT2D eigenvalue weighted by Crippen LogP contribution is -2.36. The summed E-state index contributed by atoms with van der Waals surface area (Å²) in [6, 6.07) is 1.61. The van der Waals surface area contributed by atoms with E-state index in [1.54, 1.807) is 24.8 Å². The fourth-order valence-corrected chi connectivity index (χ4v) is 2.35. The van der Waals surface area contributed by atoms with Gasteiger partial charge in [-0.2, -0.15) is 11.8 Å². The lowest BCUT2D eigenvalue weighted by atomic mass is 10.1. The van der Waals surface area contributed by atoms with E-state index >= 15 is 0 Å². The smallest absolute Gasteiger partial charge is 0.144 e. The van der Waals surface area contributed by atoms with Crippen LogP contribution in [0, 0.1) is 0 Å². The molecule has 0 spiro atoms. The number of hydrogen-bond donors (Lipinski definition) is 2. The Balaban J connectivity index is 2.61. The highest BCUT2D eigenvalue weighted by Crippen LogP contribution is 2.23. The molecule has 1 heterocycles. The van der Waals surface area contributed by atoms with Gasteiger partial charge in [0.2, 0.25) is 0 Å². The summed E-state index contributed by atoms with van der Waals surface area (Å²) in [6.07, 6.45) is 3.46. The highest BCUT2D eigenvalue weighted by molar-refractivity contribution is 7.98. The normalized spacial score (nSPS) is 14.6. The monoisotopic (exact) mass is 280 g/mol. The molecule has 6 heteroatoms. The van der Waals surface area contributed by atoms with Crippen LogP contribution in [0.4, 0.5) is 5.82 Å². The molecule has 1 atom stereocenters. The van der Waals surface area contributed by atoms with Crippen LogP contribution >= 0.6 is 35.0 Å². The third-order valence-corrected chi connectivity index (χ3v) is 3.31. The summed E-state index contributed by atoms with van der Waals surface area (Å²) in [5.74, 6) is 1.18. The van der Waals surface area contributed by atoms with Crippen LogP contribution in [0.1, 0.15) is 6.92 Å². The summed E-state index contributed by atoms with van der Waals surface area (Å²) in [4.78, 5) is 4.05. The Kier molecular flexibility index (Phi) is 5.18. The van der Waals surface area contributed by atoms with Gasteiger partial charge in [-0.25, -0.2) is 4.98 Å². The average Bonchev–Trinajstić information content (AvgIpc) is 2.16. The molecule has 0 bridgehead atoms. The van der Waals surface area contributed by atoms with Crippen molar-refractivity contribution < 1.29 is 5.11 Å². The maximum absolute atomic E-state index is 9.94. The molecule has 0 saturated heterocycles. The topological polar surface area (TPSA) is 45.1 Å². The molecule has 1 aromatic rings. The van der Waals surface area contributed by atoms with Crippen molar-refractivity contribution in [2.45, 2.75) is 12.5 Å². The molecule has 1 aromatic heterocycles. The SMILES string of the molecule is CSCC(C)(O)CNc1ncc(Cl)cc1Cl. The molecule has 0 saturated carbocycles. The molecule has 1 unspecified atom stereocenters. The van der Waals surface area contributed by atoms with E-state index in [1.807, 2.05) is 6.26 Å². The maximum Gasteiger partial charge on any atom is 0.144 e. The summed E-state index contributed by atoms with van der Waals surface area (Å²) in [6.45, 7) is 2.16. The lowest BCUT2D eigenvalue weighted by Gasteiger charge is -2.23. The number of rotatable bonds is 5. The van der Waals surface area contributed by atoms with E-state index in [-0.39, 0.29) is 0 Å². The number of halogens is 2. The molecule has 0 aliphatic carbocycles. The fourth-order valence-electron chi connectivity index (χ4n) is 1.18. The summed E-state index contributed by atoms with van der Waals surface area (Å²) in [5.41, 5.74) is -0.788. The zero-order valence-corrected chi connectivity index (χ0v) is 11.5. The van der Waals surface area contributed by atoms with Crippen molar-refractivity contribution in [3.8, 4) is 0 Å². The average molecular weight is 281 g/mol. The Morgan fingerprint density at radius 1 is 1.56 bits per heavy atom. The number of anilines is 1. The second-order valence-electron chi connectivity index (χ2n) is 3.77. The zero-order chi connectivity index (χ0) is 12.2. The van der Waals surface area contributed by atoms with Crippen molar-refractivity contribution in [2.24, 2.45) is 0 Å². The first-order chi connectivity index (χ1) is 7.44. The first-order valence-electron chi connectivity index (χ1n) is 4.71. The predicted molar refractivity (Wildman–Crippen MR) is 71.8 cm³/mol. The number of thioether (sulfide) groups is 1. The van der Waals surface area contributed by atoms with Crippen LogP contribution in [0.5, 0.6) is 0 Å². The van der Waals surface area contributed by atoms with Gasteiger partial charge in [-0.3, -0.25) is 0 Å². The lowest BCUT2D eigenvalue weighted by molar-refractivity contribution is 0.0996. The third kappa shape index (κ3) is 4.37. The molecule has 90 valence electrons. The van der Waals surface area contributed by atoms with Crippen molar-refractivity contribution in [1.82, 2.24) is 4.98 Å². The first kappa shape index (κ1) is 13.9. The third-order valence-electron chi connectivity index (χ3n) is 1.90. The molecule has 1 rings (SSSR count). The predicted octanol–water partition coefficient (Wildman–Crippen LogP) is 2.91. The molecule has 0 fully saturated rings. The summed E-state index contributed by atoms with van der Waals surface area (Å²) < 4.78 is 0. The Morgan fingerprint density at radius 3 is 2.81 bits per heavy atom. The van der Waals surface area contributed by atoms with Gasteiger partial charge in [-0.05, 0) is 19.2 Å². The van der Waals surface area contributed by atoms with Gasteiger partial charge in [-0.1, -0.05) is 23.2 Å². The number of nitrogens with one attached hydrogen (secondary N) is 1. The van der Waals surface area contributed by atoms with Gasteiger partial charge < -0.3 is 10.4 Å². The number of aromatic nitrogens is 1. The van der Waals surface area contributed by atoms with Gasteiger partial charge in [-0.15, -0.1) is 0 Å². The Hall–Kier alpha value is -0.160. The van der Waals surface area contributed by atoms with Crippen molar-refractivity contribution in [3.05, 3.63) is 22.3 Å². The van der Waals surface area contributed by atoms with Gasteiger partial charge in [0.05, 0.1) is 15.6 Å². The standard InChI is InChI=1S/C10H14Cl2N2OS/c1-10(15,6-16-2)5-14-9-8(12)3-7(11)4-13-9/h3-4,15H,5-6H2,1-2H3,(H,13,14). The van der Waals surface area contributed by atoms with Crippen molar-refractivity contribution >= 4 is 40.8 Å². The van der Waals surface area contributed by atoms with E-state index in [0.29, 0.717) is 28.2 Å². The van der Waals surface area contributed by atoms with Crippen LogP contribution in [-0.4, -0.2) is 34.2 Å². The highest BCUT2D eigenvalue weighted by atomic mass is 35.5. The highest BCUT2D eigenvalue weighted by Gasteiger charge is 2.19. The van der Waals surface area contributed by atoms with Gasteiger partial charge in [0.25, 0.3) is 0 Å². The molecule has 0 radical (unpaired) electrons. The van der Waals surface area contributed by atoms with E-state index < -0.39 is 5.60 Å². The fraction of sp³-hybridized carbons (Fsp3) is 0.500. The summed E-state index contributed by atoms with van der Waals surface area (Å²) in [7, 11) is 0. The summed E-state index contributed by atoms with van der Waals surface area (Å²) >= 11 is 13.3. The molecule has 0 aromatic carbocycles. The molecule has 0 aliphatic heterocycles. The van der Waals surface area contributed by atoms with Crippen molar-refractivity contribution in [1.29, 1.82) is 0 Å². The van der Waals surface area contributed by atoms with Crippen LogP contribution in [-0.2, 0) is 0 Å². The van der Waals surface area contributed by atoms with Crippen LogP contribution in [0.3, 0.4) is 0 Å². The van der Waals surface area contributed by atoms with Gasteiger partial charge in [0.1, 0.15) is 5.82 Å². The number of hydrogen-bond acceptors (Lipinski definition) is 4. The Labute approximate surface area is 110 Å². The van der Waals surface area contributed by atoms with E-state index in [0.717, 1.165) is 0 Å². The zero-order valence-electron chi connectivity index (χ0n) is 9.13. The number of pyridine rings is 1. The van der Waals surface area contributed by atoms with Gasteiger partial charge >= 0.3 is 0 Å². The van der Waals surface area contributed by atoms with Crippen molar-refractivity contribution in [3.63, 3.8) is 0 Å². The quantitative estimate of drug-likeness (QED) is 0.871. The van der Waals surface area contributed by atoms with Crippen LogP contribution in [0.15, 0.2) is 12.3 Å². The van der Waals surface area contributed by atoms with Crippen molar-refractivity contribution in [2.75, 3.05) is 23.9 Å². The largest absolute Gasteiger partial charge is 0.387 e. The van der Waals surface area contributed by atoms with E-state index in [2.05, 4.69) is 10.3 Å². The van der Waals surface area contributed by atoms with Gasteiger partial charge in [0, 0.05) is 18.5 Å². The second kappa shape index (κ2) is 5.96. The molecule has 0 amide bonds. The molecule has 2 N–H and O–H groups in total. The minimum absolute atomic E-state index is 0.391. The Morgan fingerprint density at radius 2 is 2.25 bits per heavy atom. The Bertz CT molecular complexity index is 361.